The number of aromatic nitrogens is 1. The number of carboxylic acids is 1. The van der Waals surface area contributed by atoms with Crippen LogP contribution in [0.1, 0.15) is 28.3 Å². The van der Waals surface area contributed by atoms with E-state index in [0.717, 1.165) is 32.5 Å². The summed E-state index contributed by atoms with van der Waals surface area (Å²) in [5, 5.41) is 25.5. The van der Waals surface area contributed by atoms with E-state index in [1.165, 1.54) is 6.07 Å². The molecule has 2 aliphatic heterocycles. The normalized spacial score (nSPS) is 24.8. The van der Waals surface area contributed by atoms with Crippen molar-refractivity contribution >= 4 is 34.4 Å². The van der Waals surface area contributed by atoms with Gasteiger partial charge in [-0.3, -0.25) is 19.7 Å². The minimum atomic E-state index is -1.79. The minimum absolute atomic E-state index is 0.0304. The zero-order valence-electron chi connectivity index (χ0n) is 20.9. The van der Waals surface area contributed by atoms with Gasteiger partial charge in [-0.25, -0.2) is 4.90 Å². The van der Waals surface area contributed by atoms with Gasteiger partial charge in [-0.15, -0.1) is 0 Å². The Morgan fingerprint density at radius 1 is 0.974 bits per heavy atom. The van der Waals surface area contributed by atoms with Gasteiger partial charge in [-0.05, 0) is 54.8 Å². The number of hydrogen-bond donors (Lipinski definition) is 4. The molecule has 4 unspecified atom stereocenters. The smallest absolute Gasteiger partial charge is 0.325 e. The highest BCUT2D eigenvalue weighted by Gasteiger charge is 2.69. The summed E-state index contributed by atoms with van der Waals surface area (Å²) in [4.78, 5) is 45.6. The van der Waals surface area contributed by atoms with Gasteiger partial charge in [-0.1, -0.05) is 42.5 Å². The molecule has 2 saturated heterocycles. The van der Waals surface area contributed by atoms with Crippen LogP contribution in [0, 0.1) is 25.7 Å². The maximum absolute atomic E-state index is 14.1. The van der Waals surface area contributed by atoms with Crippen LogP contribution in [-0.4, -0.2) is 38.5 Å². The van der Waals surface area contributed by atoms with Gasteiger partial charge < -0.3 is 15.2 Å². The molecule has 4 aromatic rings. The molecule has 4 atom stereocenters. The van der Waals surface area contributed by atoms with E-state index < -0.39 is 41.2 Å². The molecule has 8 heteroatoms. The fourth-order valence-corrected chi connectivity index (χ4v) is 6.37. The number of hydrogen-bond acceptors (Lipinski definition) is 5. The number of aryl methyl sites for hydroxylation is 2. The van der Waals surface area contributed by atoms with Gasteiger partial charge in [0.1, 0.15) is 11.3 Å². The van der Waals surface area contributed by atoms with Gasteiger partial charge in [0.25, 0.3) is 0 Å². The number of anilines is 1. The van der Waals surface area contributed by atoms with Gasteiger partial charge >= 0.3 is 5.97 Å². The SMILES string of the molecule is Cc1cc(C)cc(N2C(=O)C3C(c4ccccc4O)NC(Cc4c[nH]c5ccccc45)(C(=O)O)C3C2=O)c1. The lowest BCUT2D eigenvalue weighted by Gasteiger charge is -2.31. The number of aromatic hydroxyl groups is 1. The molecule has 2 fully saturated rings. The zero-order chi connectivity index (χ0) is 26.8. The molecule has 3 aromatic carbocycles. The number of aromatic amines is 1. The quantitative estimate of drug-likeness (QED) is 0.302. The lowest BCUT2D eigenvalue weighted by Crippen LogP contribution is -2.57. The number of rotatable bonds is 5. The fourth-order valence-electron chi connectivity index (χ4n) is 6.37. The third-order valence-corrected chi connectivity index (χ3v) is 7.92. The van der Waals surface area contributed by atoms with Crippen LogP contribution in [0.2, 0.25) is 0 Å². The molecule has 2 aliphatic rings. The maximum Gasteiger partial charge on any atom is 0.325 e. The molecular weight excluding hydrogens is 482 g/mol. The zero-order valence-corrected chi connectivity index (χ0v) is 20.9. The summed E-state index contributed by atoms with van der Waals surface area (Å²) < 4.78 is 0. The fraction of sp³-hybridized carbons (Fsp3) is 0.233. The number of carbonyl (C=O) groups excluding carboxylic acids is 2. The van der Waals surface area contributed by atoms with Gasteiger partial charge in [0.15, 0.2) is 0 Å². The van der Waals surface area contributed by atoms with E-state index in [1.54, 1.807) is 36.5 Å². The molecule has 1 aromatic heterocycles. The van der Waals surface area contributed by atoms with Crippen molar-refractivity contribution < 1.29 is 24.6 Å². The van der Waals surface area contributed by atoms with Crippen molar-refractivity contribution in [2.45, 2.75) is 31.8 Å². The lowest BCUT2D eigenvalue weighted by molar-refractivity contribution is -0.148. The molecule has 0 aliphatic carbocycles. The van der Waals surface area contributed by atoms with E-state index >= 15 is 0 Å². The highest BCUT2D eigenvalue weighted by Crippen LogP contribution is 2.52. The number of carbonyl (C=O) groups is 3. The van der Waals surface area contributed by atoms with E-state index in [9.17, 15) is 24.6 Å². The third kappa shape index (κ3) is 3.44. The molecule has 0 saturated carbocycles. The van der Waals surface area contributed by atoms with E-state index in [0.29, 0.717) is 11.3 Å². The first-order valence-corrected chi connectivity index (χ1v) is 12.5. The number of fused-ring (bicyclic) bond motifs is 2. The Balaban J connectivity index is 1.53. The van der Waals surface area contributed by atoms with Crippen molar-refractivity contribution in [2.24, 2.45) is 11.8 Å². The second-order valence-corrected chi connectivity index (χ2v) is 10.4. The van der Waals surface area contributed by atoms with Crippen LogP contribution in [0.3, 0.4) is 0 Å². The minimum Gasteiger partial charge on any atom is -0.508 e. The largest absolute Gasteiger partial charge is 0.508 e. The van der Waals surface area contributed by atoms with Gasteiger partial charge in [0.2, 0.25) is 11.8 Å². The Labute approximate surface area is 218 Å². The molecule has 3 heterocycles. The second-order valence-electron chi connectivity index (χ2n) is 10.4. The van der Waals surface area contributed by atoms with Crippen molar-refractivity contribution in [1.29, 1.82) is 0 Å². The Morgan fingerprint density at radius 3 is 2.37 bits per heavy atom. The first kappa shape index (κ1) is 23.9. The Morgan fingerprint density at radius 2 is 1.66 bits per heavy atom. The van der Waals surface area contributed by atoms with Crippen LogP contribution in [0.4, 0.5) is 5.69 Å². The highest BCUT2D eigenvalue weighted by molar-refractivity contribution is 6.24. The number of phenolic OH excluding ortho intramolecular Hbond substituents is 1. The van der Waals surface area contributed by atoms with E-state index in [4.69, 9.17) is 0 Å². The molecular formula is C30H27N3O5. The number of benzene rings is 3. The average molecular weight is 510 g/mol. The predicted molar refractivity (Wildman–Crippen MR) is 142 cm³/mol. The highest BCUT2D eigenvalue weighted by atomic mass is 16.4. The summed E-state index contributed by atoms with van der Waals surface area (Å²) in [6.07, 6.45) is 1.72. The van der Waals surface area contributed by atoms with Crippen LogP contribution in [0.15, 0.2) is 72.9 Å². The number of phenols is 1. The average Bonchev–Trinajstić information content (AvgIpc) is 3.51. The number of nitrogens with one attached hydrogen (secondary N) is 2. The molecule has 6 rings (SSSR count). The molecule has 192 valence electrons. The van der Waals surface area contributed by atoms with Crippen LogP contribution in [-0.2, 0) is 20.8 Å². The number of H-pyrrole nitrogens is 1. The van der Waals surface area contributed by atoms with Gasteiger partial charge in [0, 0.05) is 35.1 Å². The number of amides is 2. The summed E-state index contributed by atoms with van der Waals surface area (Å²) in [7, 11) is 0. The standard InChI is InChI=1S/C30H27N3O5/c1-16-11-17(2)13-19(12-16)33-27(35)24-25(28(33)36)30(29(37)38,32-26(24)21-8-4-6-10-23(21)34)14-18-15-31-22-9-5-3-7-20(18)22/h3-13,15,24-26,31-32,34H,14H2,1-2H3,(H,37,38). The Kier molecular flexibility index (Phi) is 5.39. The van der Waals surface area contributed by atoms with Crippen molar-refractivity contribution in [1.82, 2.24) is 10.3 Å². The monoisotopic (exact) mass is 509 g/mol. The Hall–Kier alpha value is -4.43. The molecule has 2 amide bonds. The molecule has 8 nitrogen and oxygen atoms in total. The lowest BCUT2D eigenvalue weighted by atomic mass is 9.76. The van der Waals surface area contributed by atoms with E-state index in [1.807, 2.05) is 44.2 Å². The number of para-hydroxylation sites is 2. The van der Waals surface area contributed by atoms with Crippen LogP contribution in [0.5, 0.6) is 5.75 Å². The van der Waals surface area contributed by atoms with Gasteiger partial charge in [-0.2, -0.15) is 0 Å². The summed E-state index contributed by atoms with van der Waals surface area (Å²) in [5.41, 5.74) is 2.36. The van der Waals surface area contributed by atoms with Crippen molar-refractivity contribution in [2.75, 3.05) is 4.90 Å². The Bertz CT molecular complexity index is 1600. The van der Waals surface area contributed by atoms with E-state index in [-0.39, 0.29) is 12.2 Å². The molecule has 0 bridgehead atoms. The second kappa shape index (κ2) is 8.56. The first-order chi connectivity index (χ1) is 18.2. The summed E-state index contributed by atoms with van der Waals surface area (Å²) in [5.74, 6) is -4.53. The molecule has 4 N–H and O–H groups in total. The number of carboxylic acid groups (broad SMARTS) is 1. The third-order valence-electron chi connectivity index (χ3n) is 7.92. The van der Waals surface area contributed by atoms with E-state index in [2.05, 4.69) is 10.3 Å². The van der Waals surface area contributed by atoms with Crippen molar-refractivity contribution in [3.8, 4) is 5.75 Å². The summed E-state index contributed by atoms with van der Waals surface area (Å²) in [6.45, 7) is 3.76. The number of aliphatic carboxylic acids is 1. The van der Waals surface area contributed by atoms with Crippen molar-refractivity contribution in [3.05, 3.63) is 95.2 Å². The maximum atomic E-state index is 14.1. The first-order valence-electron chi connectivity index (χ1n) is 12.5. The summed E-state index contributed by atoms with van der Waals surface area (Å²) >= 11 is 0. The molecule has 0 spiro atoms. The van der Waals surface area contributed by atoms with Crippen molar-refractivity contribution in [3.63, 3.8) is 0 Å². The van der Waals surface area contributed by atoms with Crippen LogP contribution >= 0.6 is 0 Å². The number of nitrogens with zero attached hydrogens (tertiary/aromatic N) is 1. The van der Waals surface area contributed by atoms with Crippen LogP contribution in [0.25, 0.3) is 10.9 Å². The number of imide groups is 1. The molecule has 0 radical (unpaired) electrons. The van der Waals surface area contributed by atoms with Crippen LogP contribution < -0.4 is 10.2 Å². The predicted octanol–water partition coefficient (Wildman–Crippen LogP) is 4.01. The topological polar surface area (TPSA) is 123 Å². The summed E-state index contributed by atoms with van der Waals surface area (Å²) in [6, 6.07) is 18.7. The molecule has 38 heavy (non-hydrogen) atoms. The van der Waals surface area contributed by atoms with Gasteiger partial charge in [0.05, 0.1) is 17.5 Å².